The molecule has 0 saturated heterocycles. The van der Waals surface area contributed by atoms with Crippen molar-refractivity contribution >= 4 is 21.9 Å². The van der Waals surface area contributed by atoms with Gasteiger partial charge in [-0.05, 0) is 92.2 Å². The average Bonchev–Trinajstić information content (AvgIpc) is 3.58. The summed E-state index contributed by atoms with van der Waals surface area (Å²) in [6, 6.07) is 44.1. The molecule has 0 aliphatic heterocycles. The first kappa shape index (κ1) is 39.2. The number of phenols is 1. The summed E-state index contributed by atoms with van der Waals surface area (Å²) >= 11 is 0. The molecule has 59 heavy (non-hydrogen) atoms. The molecule has 0 aliphatic carbocycles. The van der Waals surface area contributed by atoms with Crippen LogP contribution < -0.4 is 0 Å². The Morgan fingerprint density at radius 3 is 1.86 bits per heavy atom. The summed E-state index contributed by atoms with van der Waals surface area (Å²) in [5, 5.41) is 12.7. The van der Waals surface area contributed by atoms with Crippen LogP contribution in [0.1, 0.15) is 98.4 Å². The maximum Gasteiger partial charge on any atom is 0.148 e. The standard InChI is InChI=1S/C54H54N3O.Pt/c1-34-25-38(30-39(26-34)45-33-42(54(8,9)10)31-37-17-14-24-55-49(37)45)44-28-36(27-35-15-12-11-13-16-35)29-47-50(44)56-51(46-32-41(53(5,6)7)20-23-48(46)58)57(47)43-21-18-40(19-22-43)52(2,3)4;/h11-26,28-29,31-33,58H,27H2,1-10H3;/q-1;/i27D2;. The smallest absolute Gasteiger partial charge is 0.148 e. The fourth-order valence-corrected chi connectivity index (χ4v) is 7.71. The third-order valence-electron chi connectivity index (χ3n) is 11.1. The van der Waals surface area contributed by atoms with E-state index in [1.54, 1.807) is 6.07 Å². The zero-order valence-corrected chi connectivity index (χ0v) is 38.0. The molecular weight excluding hydrogens is 902 g/mol. The summed E-state index contributed by atoms with van der Waals surface area (Å²) in [6.45, 7) is 21.8. The second kappa shape index (κ2) is 15.7. The van der Waals surface area contributed by atoms with E-state index in [2.05, 4.69) is 134 Å². The average molecular weight is 958 g/mol. The maximum atomic E-state index is 11.7. The van der Waals surface area contributed by atoms with E-state index in [1.807, 2.05) is 66.9 Å². The molecule has 6 aromatic carbocycles. The predicted molar refractivity (Wildman–Crippen MR) is 243 cm³/mol. The van der Waals surface area contributed by atoms with E-state index < -0.39 is 6.37 Å². The van der Waals surface area contributed by atoms with Crippen LogP contribution in [0, 0.1) is 13.0 Å². The van der Waals surface area contributed by atoms with Crippen molar-refractivity contribution in [3.05, 3.63) is 167 Å². The second-order valence-corrected chi connectivity index (χ2v) is 18.8. The van der Waals surface area contributed by atoms with Gasteiger partial charge in [0.25, 0.3) is 0 Å². The fraction of sp³-hybridized carbons (Fsp3) is 0.259. The number of imidazole rings is 1. The van der Waals surface area contributed by atoms with Crippen molar-refractivity contribution in [1.29, 1.82) is 0 Å². The van der Waals surface area contributed by atoms with Gasteiger partial charge in [-0.3, -0.25) is 9.55 Å². The minimum Gasteiger partial charge on any atom is -0.507 e. The van der Waals surface area contributed by atoms with Crippen molar-refractivity contribution < 1.29 is 28.9 Å². The molecule has 0 atom stereocenters. The van der Waals surface area contributed by atoms with Crippen LogP contribution in [0.25, 0.3) is 61.3 Å². The molecule has 0 saturated carbocycles. The van der Waals surface area contributed by atoms with Crippen LogP contribution in [-0.4, -0.2) is 19.6 Å². The molecule has 8 aromatic rings. The Bertz CT molecular complexity index is 2910. The minimum atomic E-state index is -1.86. The van der Waals surface area contributed by atoms with Crippen molar-refractivity contribution in [2.45, 2.75) is 91.9 Å². The number of phenolic OH excluding ortho intramolecular Hbond substituents is 1. The Labute approximate surface area is 367 Å². The Balaban J connectivity index is 0.00000561. The maximum absolute atomic E-state index is 11.7. The molecule has 2 heterocycles. The normalized spacial score (nSPS) is 13.0. The summed E-state index contributed by atoms with van der Waals surface area (Å²) in [5.41, 5.74) is 12.4. The molecule has 0 aliphatic rings. The van der Waals surface area contributed by atoms with Gasteiger partial charge in [-0.1, -0.05) is 153 Å². The summed E-state index contributed by atoms with van der Waals surface area (Å²) in [4.78, 5) is 10.3. The van der Waals surface area contributed by atoms with E-state index in [0.717, 1.165) is 55.5 Å². The molecule has 0 unspecified atom stereocenters. The van der Waals surface area contributed by atoms with Crippen molar-refractivity contribution in [3.63, 3.8) is 0 Å². The molecule has 0 amide bonds. The van der Waals surface area contributed by atoms with E-state index in [0.29, 0.717) is 28.0 Å². The van der Waals surface area contributed by atoms with E-state index in [-0.39, 0.29) is 43.1 Å². The SMILES string of the molecule is [2H]C([2H])(c1ccccc1)c1cc(-c2[c-]c(-c3cc(C(C)(C)C)cc4cccnc34)cc(C)c2)c2nc(-c3cc(C(C)(C)C)ccc3O)n(-c3ccc(C(C)(C)C)cc3)c2c1.[Pt]. The number of hydrogen-bond donors (Lipinski definition) is 1. The zero-order valence-electron chi connectivity index (χ0n) is 37.7. The molecule has 1 N–H and O–H groups in total. The van der Waals surface area contributed by atoms with E-state index in [4.69, 9.17) is 9.97 Å². The van der Waals surface area contributed by atoms with Crippen molar-refractivity contribution in [3.8, 4) is 45.1 Å². The van der Waals surface area contributed by atoms with Gasteiger partial charge in [-0.25, -0.2) is 4.98 Å². The molecule has 8 rings (SSSR count). The van der Waals surface area contributed by atoms with Gasteiger partial charge in [-0.15, -0.1) is 34.9 Å². The number of benzene rings is 6. The summed E-state index contributed by atoms with van der Waals surface area (Å²) in [5.74, 6) is 0.687. The van der Waals surface area contributed by atoms with Gasteiger partial charge in [-0.2, -0.15) is 0 Å². The Kier molecular flexibility index (Phi) is 10.4. The van der Waals surface area contributed by atoms with Crippen molar-refractivity contribution in [1.82, 2.24) is 14.5 Å². The third kappa shape index (κ3) is 8.43. The van der Waals surface area contributed by atoms with Crippen molar-refractivity contribution in [2.75, 3.05) is 0 Å². The zero-order chi connectivity index (χ0) is 42.9. The van der Waals surface area contributed by atoms with Crippen LogP contribution in [0.15, 0.2) is 128 Å². The third-order valence-corrected chi connectivity index (χ3v) is 11.1. The van der Waals surface area contributed by atoms with E-state index in [9.17, 15) is 7.85 Å². The number of fused-ring (bicyclic) bond motifs is 2. The van der Waals surface area contributed by atoms with Crippen LogP contribution in [0.5, 0.6) is 5.75 Å². The topological polar surface area (TPSA) is 50.9 Å². The van der Waals surface area contributed by atoms with Crippen LogP contribution in [0.2, 0.25) is 0 Å². The Hall–Kier alpha value is -5.31. The first-order chi connectivity index (χ1) is 28.2. The number of pyridine rings is 1. The predicted octanol–water partition coefficient (Wildman–Crippen LogP) is 13.9. The largest absolute Gasteiger partial charge is 0.507 e. The molecule has 0 fully saturated rings. The number of rotatable bonds is 6. The molecular formula is C54H54N3OPt-. The Morgan fingerprint density at radius 2 is 1.22 bits per heavy atom. The number of nitrogens with zero attached hydrogens (tertiary/aromatic N) is 3. The first-order valence-corrected chi connectivity index (χ1v) is 20.2. The van der Waals surface area contributed by atoms with Crippen LogP contribution >= 0.6 is 0 Å². The molecule has 5 heteroatoms. The quantitative estimate of drug-likeness (QED) is 0.169. The Morgan fingerprint density at radius 1 is 0.610 bits per heavy atom. The molecule has 302 valence electrons. The van der Waals surface area contributed by atoms with Gasteiger partial charge in [0.1, 0.15) is 11.6 Å². The summed E-state index contributed by atoms with van der Waals surface area (Å²) in [7, 11) is 0. The van der Waals surface area contributed by atoms with Gasteiger partial charge in [0.2, 0.25) is 0 Å². The van der Waals surface area contributed by atoms with Crippen LogP contribution in [0.4, 0.5) is 0 Å². The molecule has 0 spiro atoms. The number of hydrogen-bond acceptors (Lipinski definition) is 3. The number of aromatic hydroxyl groups is 1. The van der Waals surface area contributed by atoms with E-state index in [1.165, 1.54) is 11.1 Å². The van der Waals surface area contributed by atoms with Gasteiger partial charge in [0.15, 0.2) is 0 Å². The van der Waals surface area contributed by atoms with Crippen LogP contribution in [0.3, 0.4) is 0 Å². The molecule has 0 radical (unpaired) electrons. The molecule has 2 aromatic heterocycles. The second-order valence-electron chi connectivity index (χ2n) is 18.8. The van der Waals surface area contributed by atoms with Gasteiger partial charge in [0.05, 0.1) is 16.6 Å². The minimum absolute atomic E-state index is 0. The van der Waals surface area contributed by atoms with Gasteiger partial charge in [0, 0.05) is 41.2 Å². The summed E-state index contributed by atoms with van der Waals surface area (Å²) < 4.78 is 21.5. The molecule has 4 nitrogen and oxygen atoms in total. The fourth-order valence-electron chi connectivity index (χ4n) is 7.71. The number of aromatic nitrogens is 3. The summed E-state index contributed by atoms with van der Waals surface area (Å²) in [6.07, 6.45) is -0.0259. The first-order valence-electron chi connectivity index (χ1n) is 21.2. The molecule has 0 bridgehead atoms. The van der Waals surface area contributed by atoms with Gasteiger partial charge >= 0.3 is 0 Å². The van der Waals surface area contributed by atoms with E-state index >= 15 is 0 Å². The number of aryl methyl sites for hydroxylation is 1. The van der Waals surface area contributed by atoms with Gasteiger partial charge < -0.3 is 5.11 Å². The van der Waals surface area contributed by atoms with Crippen molar-refractivity contribution in [2.24, 2.45) is 0 Å². The van der Waals surface area contributed by atoms with Crippen LogP contribution in [-0.2, 0) is 43.7 Å². The monoisotopic (exact) mass is 957 g/mol.